The van der Waals surface area contributed by atoms with Crippen LogP contribution in [-0.4, -0.2) is 37.5 Å². The molecule has 1 amide bonds. The lowest BCUT2D eigenvalue weighted by atomic mass is 9.83. The monoisotopic (exact) mass is 493 g/mol. The number of para-hydroxylation sites is 1. The zero-order valence-corrected chi connectivity index (χ0v) is 20.8. The molecule has 190 valence electrons. The Morgan fingerprint density at radius 2 is 1.89 bits per heavy atom. The van der Waals surface area contributed by atoms with E-state index in [9.17, 15) is 14.4 Å². The van der Waals surface area contributed by atoms with Gasteiger partial charge >= 0.3 is 11.6 Å². The van der Waals surface area contributed by atoms with E-state index in [0.29, 0.717) is 41.0 Å². The predicted octanol–water partition coefficient (Wildman–Crippen LogP) is 4.63. The molecule has 36 heavy (non-hydrogen) atoms. The van der Waals surface area contributed by atoms with Gasteiger partial charge < -0.3 is 23.5 Å². The Labute approximate surface area is 209 Å². The second kappa shape index (κ2) is 11.3. The van der Waals surface area contributed by atoms with Crippen molar-refractivity contribution >= 4 is 22.8 Å². The van der Waals surface area contributed by atoms with Crippen LogP contribution in [0.15, 0.2) is 57.7 Å². The van der Waals surface area contributed by atoms with Gasteiger partial charge in [-0.1, -0.05) is 31.5 Å². The number of hydrogen-bond donors (Lipinski definition) is 0. The molecule has 1 saturated heterocycles. The normalized spacial score (nSPS) is 17.8. The summed E-state index contributed by atoms with van der Waals surface area (Å²) in [5, 5.41) is 0.660. The molecular formula is C28H31NO7. The molecule has 8 heteroatoms. The number of methoxy groups -OCH3 is 2. The lowest BCUT2D eigenvalue weighted by Gasteiger charge is -2.41. The van der Waals surface area contributed by atoms with E-state index >= 15 is 0 Å². The third kappa shape index (κ3) is 5.22. The number of nitrogens with zero attached hydrogens (tertiary/aromatic N) is 1. The molecule has 3 aromatic rings. The highest BCUT2D eigenvalue weighted by molar-refractivity contribution is 5.84. The van der Waals surface area contributed by atoms with Gasteiger partial charge in [0.25, 0.3) is 0 Å². The molecule has 0 N–H and O–H groups in total. The lowest BCUT2D eigenvalue weighted by Crippen LogP contribution is -2.46. The molecule has 0 radical (unpaired) electrons. The maximum absolute atomic E-state index is 13.5. The number of rotatable bonds is 9. The van der Waals surface area contributed by atoms with Crippen molar-refractivity contribution in [3.8, 4) is 11.5 Å². The number of fused-ring (bicyclic) bond motifs is 1. The molecular weight excluding hydrogens is 462 g/mol. The number of amides is 1. The molecule has 2 aromatic carbocycles. The van der Waals surface area contributed by atoms with E-state index < -0.39 is 23.6 Å². The van der Waals surface area contributed by atoms with Crippen LogP contribution in [0.2, 0.25) is 0 Å². The van der Waals surface area contributed by atoms with Crippen LogP contribution < -0.4 is 15.1 Å². The van der Waals surface area contributed by atoms with E-state index in [0.717, 1.165) is 18.4 Å². The van der Waals surface area contributed by atoms with Crippen molar-refractivity contribution in [3.05, 3.63) is 70.1 Å². The van der Waals surface area contributed by atoms with Crippen molar-refractivity contribution in [3.63, 3.8) is 0 Å². The minimum absolute atomic E-state index is 0.0176. The summed E-state index contributed by atoms with van der Waals surface area (Å²) in [6.07, 6.45) is 2.39. The molecule has 0 aliphatic carbocycles. The summed E-state index contributed by atoms with van der Waals surface area (Å²) >= 11 is 0. The van der Waals surface area contributed by atoms with Crippen molar-refractivity contribution in [2.24, 2.45) is 5.92 Å². The van der Waals surface area contributed by atoms with Gasteiger partial charge in [0.05, 0.1) is 26.2 Å². The molecule has 1 aliphatic rings. The number of carbonyl (C=O) groups excluding carboxylic acids is 2. The van der Waals surface area contributed by atoms with E-state index in [-0.39, 0.29) is 18.9 Å². The van der Waals surface area contributed by atoms with Crippen LogP contribution in [0.25, 0.3) is 11.0 Å². The number of benzene rings is 2. The Kier molecular flexibility index (Phi) is 7.93. The maximum Gasteiger partial charge on any atom is 0.336 e. The van der Waals surface area contributed by atoms with Gasteiger partial charge in [-0.15, -0.1) is 0 Å². The van der Waals surface area contributed by atoms with Gasteiger partial charge in [0.1, 0.15) is 23.7 Å². The Hall–Kier alpha value is -3.81. The summed E-state index contributed by atoms with van der Waals surface area (Å²) in [5.74, 6) is 0.205. The zero-order chi connectivity index (χ0) is 25.7. The van der Waals surface area contributed by atoms with Crippen molar-refractivity contribution in [2.45, 2.75) is 45.3 Å². The van der Waals surface area contributed by atoms with Crippen molar-refractivity contribution in [2.75, 3.05) is 20.8 Å². The second-order valence-corrected chi connectivity index (χ2v) is 8.83. The highest BCUT2D eigenvalue weighted by Gasteiger charge is 2.42. The number of carbonyl (C=O) groups is 2. The fraction of sp³-hybridized carbons (Fsp3) is 0.393. The Balaban J connectivity index is 1.63. The van der Waals surface area contributed by atoms with E-state index in [1.165, 1.54) is 13.2 Å². The first-order valence-electron chi connectivity index (χ1n) is 12.2. The van der Waals surface area contributed by atoms with Crippen LogP contribution >= 0.6 is 0 Å². The topological polar surface area (TPSA) is 95.3 Å². The number of piperidine rings is 1. The second-order valence-electron chi connectivity index (χ2n) is 8.83. The molecule has 2 atom stereocenters. The third-order valence-corrected chi connectivity index (χ3v) is 6.63. The molecule has 8 nitrogen and oxygen atoms in total. The molecule has 1 fully saturated rings. The molecule has 0 unspecified atom stereocenters. The molecule has 0 spiro atoms. The summed E-state index contributed by atoms with van der Waals surface area (Å²) in [5.41, 5.74) is 1.14. The van der Waals surface area contributed by atoms with Gasteiger partial charge in [-0.25, -0.2) is 4.79 Å². The average Bonchev–Trinajstić information content (AvgIpc) is 2.90. The quantitative estimate of drug-likeness (QED) is 0.317. The molecule has 1 aromatic heterocycles. The molecule has 4 rings (SSSR count). The van der Waals surface area contributed by atoms with E-state index in [1.54, 1.807) is 30.2 Å². The first-order chi connectivity index (χ1) is 17.5. The van der Waals surface area contributed by atoms with Gasteiger partial charge in [-0.3, -0.25) is 9.59 Å². The SMILES string of the molecule is CCCCN1C(=O)CC[C@@H](C(=O)OCc2cc(=O)oc3cc(OC)ccc23)[C@H]1c1ccccc1OC. The van der Waals surface area contributed by atoms with Crippen LogP contribution in [0.4, 0.5) is 0 Å². The fourth-order valence-electron chi connectivity index (χ4n) is 4.80. The Bertz CT molecular complexity index is 1300. The standard InChI is InChI=1S/C28H31NO7/c1-4-5-14-29-25(30)13-12-22(27(29)21-8-6-7-9-23(21)34-3)28(32)35-17-18-15-26(31)36-24-16-19(33-2)10-11-20(18)24/h6-11,15-16,22,27H,4-5,12-14,17H2,1-3H3/t22-,27-/m1/s1. The zero-order valence-electron chi connectivity index (χ0n) is 20.8. The summed E-state index contributed by atoms with van der Waals surface area (Å²) in [6, 6.07) is 13.4. The number of esters is 1. The number of likely N-dealkylation sites (tertiary alicyclic amines) is 1. The van der Waals surface area contributed by atoms with Gasteiger partial charge in [0.2, 0.25) is 5.91 Å². The van der Waals surface area contributed by atoms with Crippen LogP contribution in [0, 0.1) is 5.92 Å². The van der Waals surface area contributed by atoms with Gasteiger partial charge in [-0.05, 0) is 31.0 Å². The van der Waals surface area contributed by atoms with Crippen molar-refractivity contribution in [1.82, 2.24) is 4.90 Å². The molecule has 0 bridgehead atoms. The van der Waals surface area contributed by atoms with Crippen LogP contribution in [0.1, 0.15) is 49.8 Å². The highest BCUT2D eigenvalue weighted by Crippen LogP contribution is 2.41. The summed E-state index contributed by atoms with van der Waals surface area (Å²) in [6.45, 7) is 2.52. The molecule has 0 saturated carbocycles. The number of unbranched alkanes of at least 4 members (excludes halogenated alkanes) is 1. The predicted molar refractivity (Wildman–Crippen MR) is 134 cm³/mol. The Morgan fingerprint density at radius 3 is 2.64 bits per heavy atom. The van der Waals surface area contributed by atoms with Crippen molar-refractivity contribution < 1.29 is 28.2 Å². The van der Waals surface area contributed by atoms with Crippen LogP contribution in [0.3, 0.4) is 0 Å². The van der Waals surface area contributed by atoms with E-state index in [2.05, 4.69) is 6.92 Å². The summed E-state index contributed by atoms with van der Waals surface area (Å²) in [4.78, 5) is 40.3. The molecule has 1 aliphatic heterocycles. The maximum atomic E-state index is 13.5. The largest absolute Gasteiger partial charge is 0.497 e. The van der Waals surface area contributed by atoms with Gasteiger partial charge in [0.15, 0.2) is 0 Å². The van der Waals surface area contributed by atoms with E-state index in [4.69, 9.17) is 18.6 Å². The van der Waals surface area contributed by atoms with Gasteiger partial charge in [-0.2, -0.15) is 0 Å². The fourth-order valence-corrected chi connectivity index (χ4v) is 4.80. The highest BCUT2D eigenvalue weighted by atomic mass is 16.5. The average molecular weight is 494 g/mol. The van der Waals surface area contributed by atoms with Crippen LogP contribution in [0.5, 0.6) is 11.5 Å². The lowest BCUT2D eigenvalue weighted by molar-refractivity contribution is -0.158. The van der Waals surface area contributed by atoms with E-state index in [1.807, 2.05) is 24.3 Å². The van der Waals surface area contributed by atoms with Gasteiger partial charge in [0, 0.05) is 41.6 Å². The van der Waals surface area contributed by atoms with Crippen LogP contribution in [-0.2, 0) is 20.9 Å². The summed E-state index contributed by atoms with van der Waals surface area (Å²) < 4.78 is 21.9. The Morgan fingerprint density at radius 1 is 1.08 bits per heavy atom. The third-order valence-electron chi connectivity index (χ3n) is 6.63. The summed E-state index contributed by atoms with van der Waals surface area (Å²) in [7, 11) is 3.11. The van der Waals surface area contributed by atoms with Crippen molar-refractivity contribution in [1.29, 1.82) is 0 Å². The first-order valence-corrected chi connectivity index (χ1v) is 12.2. The minimum Gasteiger partial charge on any atom is -0.497 e. The number of hydrogen-bond acceptors (Lipinski definition) is 7. The number of ether oxygens (including phenoxy) is 3. The molecule has 2 heterocycles. The minimum atomic E-state index is -0.567. The first kappa shape index (κ1) is 25.3. The smallest absolute Gasteiger partial charge is 0.336 e.